The highest BCUT2D eigenvalue weighted by Crippen LogP contribution is 2.25. The first-order valence-corrected chi connectivity index (χ1v) is 6.91. The lowest BCUT2D eigenvalue weighted by molar-refractivity contribution is 0.141. The summed E-state index contributed by atoms with van der Waals surface area (Å²) in [4.78, 5) is 2.45. The van der Waals surface area contributed by atoms with Gasteiger partial charge in [0.05, 0.1) is 0 Å². The van der Waals surface area contributed by atoms with Crippen LogP contribution in [0.15, 0.2) is 28.7 Å². The molecule has 102 valence electrons. The number of hydrogen-bond acceptors (Lipinski definition) is 3. The number of aliphatic hydroxyl groups excluding tert-OH is 1. The number of halogens is 2. The molecule has 1 aliphatic heterocycles. The van der Waals surface area contributed by atoms with Crippen molar-refractivity contribution in [2.45, 2.75) is 12.5 Å². The van der Waals surface area contributed by atoms with Crippen LogP contribution in [0.25, 0.3) is 0 Å². The zero-order valence-corrected chi connectivity index (χ0v) is 12.7. The third-order valence-corrected chi connectivity index (χ3v) is 3.78. The SMILES string of the molecule is Cl.OCC[C@H](c1ccc(Br)cc1)N1CCNCC1. The van der Waals surface area contributed by atoms with Gasteiger partial charge < -0.3 is 10.4 Å². The Hall–Kier alpha value is -0.130. The Kier molecular flexibility index (Phi) is 7.19. The van der Waals surface area contributed by atoms with Crippen LogP contribution in [0.3, 0.4) is 0 Å². The molecule has 1 aromatic rings. The van der Waals surface area contributed by atoms with Gasteiger partial charge in [-0.2, -0.15) is 0 Å². The summed E-state index contributed by atoms with van der Waals surface area (Å²) in [7, 11) is 0. The molecule has 0 spiro atoms. The Morgan fingerprint density at radius 2 is 1.83 bits per heavy atom. The average Bonchev–Trinajstić information content (AvgIpc) is 2.38. The minimum atomic E-state index is 0. The predicted molar refractivity (Wildman–Crippen MR) is 80.3 cm³/mol. The molecular weight excluding hydrogens is 316 g/mol. The number of aliphatic hydroxyl groups is 1. The Bertz CT molecular complexity index is 341. The Labute approximate surface area is 123 Å². The van der Waals surface area contributed by atoms with Crippen LogP contribution in [0.5, 0.6) is 0 Å². The zero-order chi connectivity index (χ0) is 12.1. The van der Waals surface area contributed by atoms with Gasteiger partial charge in [-0.1, -0.05) is 28.1 Å². The van der Waals surface area contributed by atoms with Gasteiger partial charge in [0.2, 0.25) is 0 Å². The lowest BCUT2D eigenvalue weighted by atomic mass is 10.0. The van der Waals surface area contributed by atoms with E-state index in [1.54, 1.807) is 0 Å². The summed E-state index contributed by atoms with van der Waals surface area (Å²) >= 11 is 3.46. The third kappa shape index (κ3) is 4.21. The molecule has 1 heterocycles. The van der Waals surface area contributed by atoms with Gasteiger partial charge >= 0.3 is 0 Å². The van der Waals surface area contributed by atoms with Crippen molar-refractivity contribution >= 4 is 28.3 Å². The van der Waals surface area contributed by atoms with Gasteiger partial charge in [0.15, 0.2) is 0 Å². The Balaban J connectivity index is 0.00000162. The van der Waals surface area contributed by atoms with E-state index in [0.29, 0.717) is 6.04 Å². The maximum Gasteiger partial charge on any atom is 0.0449 e. The molecule has 1 aliphatic rings. The second-order valence-corrected chi connectivity index (χ2v) is 5.28. The molecular formula is C13H20BrClN2O. The van der Waals surface area contributed by atoms with Gasteiger partial charge in [-0.15, -0.1) is 12.4 Å². The first kappa shape index (κ1) is 15.9. The highest BCUT2D eigenvalue weighted by molar-refractivity contribution is 9.10. The number of nitrogens with zero attached hydrogens (tertiary/aromatic N) is 1. The van der Waals surface area contributed by atoms with Crippen LogP contribution in [-0.2, 0) is 0 Å². The van der Waals surface area contributed by atoms with Gasteiger partial charge in [0.1, 0.15) is 0 Å². The molecule has 5 heteroatoms. The van der Waals surface area contributed by atoms with Crippen molar-refractivity contribution in [3.8, 4) is 0 Å². The van der Waals surface area contributed by atoms with E-state index in [-0.39, 0.29) is 19.0 Å². The molecule has 0 radical (unpaired) electrons. The molecule has 2 rings (SSSR count). The molecule has 0 unspecified atom stereocenters. The van der Waals surface area contributed by atoms with E-state index in [1.165, 1.54) is 5.56 Å². The number of nitrogens with one attached hydrogen (secondary N) is 1. The largest absolute Gasteiger partial charge is 0.396 e. The van der Waals surface area contributed by atoms with Crippen molar-refractivity contribution in [1.29, 1.82) is 0 Å². The van der Waals surface area contributed by atoms with Crippen LogP contribution < -0.4 is 5.32 Å². The molecule has 1 aromatic carbocycles. The van der Waals surface area contributed by atoms with Crippen molar-refractivity contribution in [3.63, 3.8) is 0 Å². The van der Waals surface area contributed by atoms with Crippen LogP contribution in [0, 0.1) is 0 Å². The number of rotatable bonds is 4. The van der Waals surface area contributed by atoms with E-state index < -0.39 is 0 Å². The van der Waals surface area contributed by atoms with Crippen molar-refractivity contribution in [2.24, 2.45) is 0 Å². The van der Waals surface area contributed by atoms with Gasteiger partial charge in [0, 0.05) is 43.3 Å². The number of piperazine rings is 1. The standard InChI is InChI=1S/C13H19BrN2O.ClH/c14-12-3-1-11(2-4-12)13(5-10-17)16-8-6-15-7-9-16;/h1-4,13,15,17H,5-10H2;1H/t13-;/m1./s1. The highest BCUT2D eigenvalue weighted by Gasteiger charge is 2.21. The smallest absolute Gasteiger partial charge is 0.0449 e. The molecule has 0 saturated carbocycles. The van der Waals surface area contributed by atoms with Crippen molar-refractivity contribution in [2.75, 3.05) is 32.8 Å². The van der Waals surface area contributed by atoms with Gasteiger partial charge in [-0.25, -0.2) is 0 Å². The van der Waals surface area contributed by atoms with E-state index in [1.807, 2.05) is 0 Å². The van der Waals surface area contributed by atoms with Crippen molar-refractivity contribution in [3.05, 3.63) is 34.3 Å². The second kappa shape index (κ2) is 8.12. The Morgan fingerprint density at radius 3 is 2.39 bits per heavy atom. The van der Waals surface area contributed by atoms with Crippen molar-refractivity contribution in [1.82, 2.24) is 10.2 Å². The van der Waals surface area contributed by atoms with Gasteiger partial charge in [-0.3, -0.25) is 4.90 Å². The fourth-order valence-electron chi connectivity index (χ4n) is 2.36. The summed E-state index contributed by atoms with van der Waals surface area (Å²) in [6.07, 6.45) is 0.807. The quantitative estimate of drug-likeness (QED) is 0.885. The fourth-order valence-corrected chi connectivity index (χ4v) is 2.63. The number of benzene rings is 1. The maximum atomic E-state index is 9.23. The van der Waals surface area contributed by atoms with E-state index in [9.17, 15) is 5.11 Å². The minimum absolute atomic E-state index is 0. The highest BCUT2D eigenvalue weighted by atomic mass is 79.9. The van der Waals surface area contributed by atoms with Gasteiger partial charge in [0.25, 0.3) is 0 Å². The minimum Gasteiger partial charge on any atom is -0.396 e. The Morgan fingerprint density at radius 1 is 1.22 bits per heavy atom. The second-order valence-electron chi connectivity index (χ2n) is 4.37. The van der Waals surface area contributed by atoms with Crippen LogP contribution in [0.2, 0.25) is 0 Å². The summed E-state index contributed by atoms with van der Waals surface area (Å²) < 4.78 is 1.10. The van der Waals surface area contributed by atoms with E-state index in [0.717, 1.165) is 37.1 Å². The molecule has 0 aromatic heterocycles. The molecule has 1 fully saturated rings. The third-order valence-electron chi connectivity index (χ3n) is 3.25. The number of hydrogen-bond donors (Lipinski definition) is 2. The molecule has 1 atom stereocenters. The fraction of sp³-hybridized carbons (Fsp3) is 0.538. The van der Waals surface area contributed by atoms with Crippen LogP contribution in [-0.4, -0.2) is 42.8 Å². The summed E-state index contributed by atoms with van der Waals surface area (Å²) in [5.41, 5.74) is 1.30. The van der Waals surface area contributed by atoms with Crippen molar-refractivity contribution < 1.29 is 5.11 Å². The van der Waals surface area contributed by atoms with E-state index in [4.69, 9.17) is 0 Å². The lowest BCUT2D eigenvalue weighted by Gasteiger charge is -2.35. The van der Waals surface area contributed by atoms with Crippen LogP contribution in [0.1, 0.15) is 18.0 Å². The zero-order valence-electron chi connectivity index (χ0n) is 10.3. The summed E-state index contributed by atoms with van der Waals surface area (Å²) in [6.45, 7) is 4.43. The molecule has 2 N–H and O–H groups in total. The summed E-state index contributed by atoms with van der Waals surface area (Å²) in [5, 5.41) is 12.6. The summed E-state index contributed by atoms with van der Waals surface area (Å²) in [5.74, 6) is 0. The first-order chi connectivity index (χ1) is 8.31. The average molecular weight is 336 g/mol. The molecule has 18 heavy (non-hydrogen) atoms. The van der Waals surface area contributed by atoms with Crippen LogP contribution in [0.4, 0.5) is 0 Å². The van der Waals surface area contributed by atoms with E-state index in [2.05, 4.69) is 50.4 Å². The molecule has 0 bridgehead atoms. The molecule has 3 nitrogen and oxygen atoms in total. The molecule has 0 amide bonds. The first-order valence-electron chi connectivity index (χ1n) is 6.12. The molecule has 0 aliphatic carbocycles. The lowest BCUT2D eigenvalue weighted by Crippen LogP contribution is -2.45. The van der Waals surface area contributed by atoms with E-state index >= 15 is 0 Å². The monoisotopic (exact) mass is 334 g/mol. The normalized spacial score (nSPS) is 18.1. The maximum absolute atomic E-state index is 9.23. The topological polar surface area (TPSA) is 35.5 Å². The predicted octanol–water partition coefficient (Wildman–Crippen LogP) is 2.20. The van der Waals surface area contributed by atoms with Gasteiger partial charge in [-0.05, 0) is 24.1 Å². The summed E-state index contributed by atoms with van der Waals surface area (Å²) in [6, 6.07) is 8.78. The molecule has 1 saturated heterocycles. The van der Waals surface area contributed by atoms with Crippen LogP contribution >= 0.6 is 28.3 Å².